The molecule has 0 radical (unpaired) electrons. The largest absolute Gasteiger partial charge is 0.494 e. The first-order valence-electron chi connectivity index (χ1n) is 10.8. The molecule has 172 valence electrons. The van der Waals surface area contributed by atoms with Crippen molar-refractivity contribution in [3.63, 3.8) is 0 Å². The molecule has 1 aliphatic heterocycles. The van der Waals surface area contributed by atoms with E-state index in [-0.39, 0.29) is 22.4 Å². The summed E-state index contributed by atoms with van der Waals surface area (Å²) in [6.07, 6.45) is 5.01. The zero-order chi connectivity index (χ0) is 23.5. The molecule has 0 bridgehead atoms. The van der Waals surface area contributed by atoms with E-state index in [2.05, 4.69) is 6.08 Å². The van der Waals surface area contributed by atoms with Crippen LogP contribution in [0.2, 0.25) is 0 Å². The van der Waals surface area contributed by atoms with Crippen molar-refractivity contribution in [2.24, 2.45) is 5.92 Å². The fourth-order valence-electron chi connectivity index (χ4n) is 4.22. The highest BCUT2D eigenvalue weighted by molar-refractivity contribution is 5.71. The van der Waals surface area contributed by atoms with Crippen LogP contribution in [0.4, 0.5) is 17.6 Å². The third-order valence-corrected chi connectivity index (χ3v) is 6.01. The molecule has 0 N–H and O–H groups in total. The molecule has 2 atom stereocenters. The molecule has 3 aromatic rings. The summed E-state index contributed by atoms with van der Waals surface area (Å²) in [6.45, 7) is 2.42. The van der Waals surface area contributed by atoms with Crippen LogP contribution in [-0.2, 0) is 4.74 Å². The molecule has 0 aromatic heterocycles. The Morgan fingerprint density at radius 1 is 0.788 bits per heavy atom. The Morgan fingerprint density at radius 2 is 1.39 bits per heavy atom. The number of hydrogen-bond acceptors (Lipinski definition) is 2. The van der Waals surface area contributed by atoms with Crippen LogP contribution in [0.5, 0.6) is 5.75 Å². The quantitative estimate of drug-likeness (QED) is 0.290. The molecule has 0 amide bonds. The first kappa shape index (κ1) is 23.1. The lowest BCUT2D eigenvalue weighted by Gasteiger charge is -2.28. The maximum atomic E-state index is 15.0. The summed E-state index contributed by atoms with van der Waals surface area (Å²) < 4.78 is 68.9. The highest BCUT2D eigenvalue weighted by Crippen LogP contribution is 2.36. The molecule has 1 aliphatic rings. The third kappa shape index (κ3) is 4.53. The van der Waals surface area contributed by atoms with Gasteiger partial charge in [0.05, 0.1) is 19.8 Å². The predicted octanol–water partition coefficient (Wildman–Crippen LogP) is 7.63. The molecule has 3 aromatic carbocycles. The minimum absolute atomic E-state index is 0.0486. The van der Waals surface area contributed by atoms with Gasteiger partial charge in [-0.25, -0.2) is 13.2 Å². The Hall–Kier alpha value is -3.12. The molecule has 0 aliphatic carbocycles. The second-order valence-electron chi connectivity index (χ2n) is 8.04. The van der Waals surface area contributed by atoms with Crippen molar-refractivity contribution in [2.45, 2.75) is 25.9 Å². The highest BCUT2D eigenvalue weighted by atomic mass is 19.2. The second kappa shape index (κ2) is 9.79. The molecule has 4 rings (SSSR count). The van der Waals surface area contributed by atoms with Gasteiger partial charge >= 0.3 is 0 Å². The SMILES string of the molecule is C/C=C/C1CCC(c2ccc(-c3ccc(-c4ccc(OC)c(F)c4F)cc3)c(F)c2F)OC1. The smallest absolute Gasteiger partial charge is 0.201 e. The number of allylic oxidation sites excluding steroid dienone is 1. The van der Waals surface area contributed by atoms with Gasteiger partial charge in [0, 0.05) is 22.6 Å². The minimum Gasteiger partial charge on any atom is -0.494 e. The summed E-state index contributed by atoms with van der Waals surface area (Å²) in [7, 11) is 1.26. The van der Waals surface area contributed by atoms with Crippen LogP contribution >= 0.6 is 0 Å². The first-order chi connectivity index (χ1) is 15.9. The van der Waals surface area contributed by atoms with Crippen LogP contribution in [0.15, 0.2) is 60.7 Å². The van der Waals surface area contributed by atoms with Gasteiger partial charge < -0.3 is 9.47 Å². The van der Waals surface area contributed by atoms with E-state index in [1.54, 1.807) is 18.2 Å². The van der Waals surface area contributed by atoms with Gasteiger partial charge in [-0.3, -0.25) is 0 Å². The van der Waals surface area contributed by atoms with Crippen LogP contribution in [0.3, 0.4) is 0 Å². The van der Waals surface area contributed by atoms with E-state index in [1.165, 1.54) is 37.4 Å². The molecule has 6 heteroatoms. The van der Waals surface area contributed by atoms with Crippen molar-refractivity contribution in [2.75, 3.05) is 13.7 Å². The molecule has 1 fully saturated rings. The van der Waals surface area contributed by atoms with Crippen LogP contribution in [0.1, 0.15) is 31.4 Å². The standard InChI is InChI=1S/C27H24F4O2/c1-3-4-16-5-13-22(33-15-16)21-11-10-19(24(28)26(21)30)17-6-8-18(9-7-17)20-12-14-23(32-2)27(31)25(20)29/h3-4,6-12,14,16,22H,5,13,15H2,1-2H3/b4-3+. The number of methoxy groups -OCH3 is 1. The first-order valence-corrected chi connectivity index (χ1v) is 10.8. The Kier molecular flexibility index (Phi) is 6.84. The minimum atomic E-state index is -1.08. The van der Waals surface area contributed by atoms with E-state index in [4.69, 9.17) is 9.47 Å². The van der Waals surface area contributed by atoms with Crippen LogP contribution in [0, 0.1) is 29.2 Å². The van der Waals surface area contributed by atoms with Crippen molar-refractivity contribution in [1.82, 2.24) is 0 Å². The van der Waals surface area contributed by atoms with E-state index in [0.717, 1.165) is 6.42 Å². The summed E-state index contributed by atoms with van der Waals surface area (Å²) >= 11 is 0. The number of rotatable bonds is 5. The summed E-state index contributed by atoms with van der Waals surface area (Å²) in [6, 6.07) is 12.0. The molecular weight excluding hydrogens is 432 g/mol. The van der Waals surface area contributed by atoms with Gasteiger partial charge in [0.1, 0.15) is 0 Å². The van der Waals surface area contributed by atoms with Gasteiger partial charge in [-0.1, -0.05) is 48.6 Å². The van der Waals surface area contributed by atoms with E-state index in [0.29, 0.717) is 30.1 Å². The predicted molar refractivity (Wildman–Crippen MR) is 120 cm³/mol. The molecule has 1 saturated heterocycles. The van der Waals surface area contributed by atoms with Crippen molar-refractivity contribution < 1.29 is 27.0 Å². The normalized spacial score (nSPS) is 18.6. The van der Waals surface area contributed by atoms with Gasteiger partial charge in [-0.2, -0.15) is 4.39 Å². The monoisotopic (exact) mass is 456 g/mol. The average molecular weight is 456 g/mol. The molecule has 33 heavy (non-hydrogen) atoms. The molecule has 2 unspecified atom stereocenters. The molecule has 2 nitrogen and oxygen atoms in total. The Balaban J connectivity index is 1.58. The third-order valence-electron chi connectivity index (χ3n) is 6.01. The van der Waals surface area contributed by atoms with Gasteiger partial charge in [0.15, 0.2) is 23.2 Å². The van der Waals surface area contributed by atoms with E-state index >= 15 is 0 Å². The van der Waals surface area contributed by atoms with Crippen molar-refractivity contribution in [1.29, 1.82) is 0 Å². The number of hydrogen-bond donors (Lipinski definition) is 0. The van der Waals surface area contributed by atoms with Crippen molar-refractivity contribution in [3.8, 4) is 28.0 Å². The Bertz CT molecular complexity index is 1160. The molecule has 0 saturated carbocycles. The second-order valence-corrected chi connectivity index (χ2v) is 8.04. The maximum absolute atomic E-state index is 15.0. The lowest BCUT2D eigenvalue weighted by Crippen LogP contribution is -2.20. The summed E-state index contributed by atoms with van der Waals surface area (Å²) in [4.78, 5) is 0. The Labute approximate surface area is 190 Å². The van der Waals surface area contributed by atoms with Crippen LogP contribution in [-0.4, -0.2) is 13.7 Å². The Morgan fingerprint density at radius 3 is 1.94 bits per heavy atom. The van der Waals surface area contributed by atoms with E-state index < -0.39 is 29.4 Å². The van der Waals surface area contributed by atoms with Gasteiger partial charge in [-0.05, 0) is 43.0 Å². The molecule has 1 heterocycles. The van der Waals surface area contributed by atoms with Gasteiger partial charge in [0.25, 0.3) is 0 Å². The zero-order valence-corrected chi connectivity index (χ0v) is 18.4. The van der Waals surface area contributed by atoms with Gasteiger partial charge in [-0.15, -0.1) is 0 Å². The van der Waals surface area contributed by atoms with Crippen molar-refractivity contribution >= 4 is 0 Å². The zero-order valence-electron chi connectivity index (χ0n) is 18.4. The lowest BCUT2D eigenvalue weighted by atomic mass is 9.92. The van der Waals surface area contributed by atoms with E-state index in [9.17, 15) is 17.6 Å². The summed E-state index contributed by atoms with van der Waals surface area (Å²) in [5, 5.41) is 0. The highest BCUT2D eigenvalue weighted by Gasteiger charge is 2.26. The number of benzene rings is 3. The topological polar surface area (TPSA) is 18.5 Å². The summed E-state index contributed by atoms with van der Waals surface area (Å²) in [5.74, 6) is -3.89. The average Bonchev–Trinajstić information content (AvgIpc) is 2.84. The lowest BCUT2D eigenvalue weighted by molar-refractivity contribution is -0.00743. The van der Waals surface area contributed by atoms with E-state index in [1.807, 2.05) is 13.0 Å². The fraction of sp³-hybridized carbons (Fsp3) is 0.259. The van der Waals surface area contributed by atoms with Crippen LogP contribution < -0.4 is 4.74 Å². The van der Waals surface area contributed by atoms with Crippen molar-refractivity contribution in [3.05, 3.63) is 89.5 Å². The van der Waals surface area contributed by atoms with Gasteiger partial charge in [0.2, 0.25) is 5.82 Å². The number of halogens is 4. The number of ether oxygens (including phenoxy) is 2. The summed E-state index contributed by atoms with van der Waals surface area (Å²) in [5.41, 5.74) is 1.18. The van der Waals surface area contributed by atoms with Crippen LogP contribution in [0.25, 0.3) is 22.3 Å². The molecular formula is C27H24F4O2. The maximum Gasteiger partial charge on any atom is 0.201 e. The molecule has 0 spiro atoms. The fourth-order valence-corrected chi connectivity index (χ4v) is 4.22.